The van der Waals surface area contributed by atoms with Crippen molar-refractivity contribution in [3.63, 3.8) is 0 Å². The molecule has 31 heavy (non-hydrogen) atoms. The van der Waals surface area contributed by atoms with Gasteiger partial charge in [-0.05, 0) is 56.6 Å². The Hall–Kier alpha value is -2.37. The third-order valence-corrected chi connectivity index (χ3v) is 8.05. The van der Waals surface area contributed by atoms with E-state index in [9.17, 15) is 4.79 Å². The molecular weight excluding hydrogens is 390 g/mol. The molecule has 5 heteroatoms. The second-order valence-electron chi connectivity index (χ2n) is 9.42. The number of rotatable bonds is 4. The summed E-state index contributed by atoms with van der Waals surface area (Å²) >= 11 is 0. The Balaban J connectivity index is 1.78. The Morgan fingerprint density at radius 3 is 2.58 bits per heavy atom. The quantitative estimate of drug-likeness (QED) is 0.734. The lowest BCUT2D eigenvalue weighted by atomic mass is 9.47. The van der Waals surface area contributed by atoms with E-state index < -0.39 is 11.0 Å². The fourth-order valence-electron chi connectivity index (χ4n) is 6.56. The van der Waals surface area contributed by atoms with Gasteiger partial charge < -0.3 is 19.1 Å². The number of fused-ring (bicyclic) bond motifs is 1. The van der Waals surface area contributed by atoms with Crippen LogP contribution in [-0.4, -0.2) is 50.1 Å². The molecule has 5 rings (SSSR count). The number of ether oxygens (including phenoxy) is 3. The molecule has 0 aromatic heterocycles. The van der Waals surface area contributed by atoms with Gasteiger partial charge in [0, 0.05) is 36.5 Å². The van der Waals surface area contributed by atoms with Crippen LogP contribution in [0.4, 0.5) is 0 Å². The van der Waals surface area contributed by atoms with Crippen LogP contribution < -0.4 is 9.47 Å². The number of hydrogen-bond donors (Lipinski definition) is 0. The first-order chi connectivity index (χ1) is 15.0. The third-order valence-electron chi connectivity index (χ3n) is 8.05. The molecular formula is C26H31NO4. The molecule has 0 N–H and O–H groups in total. The van der Waals surface area contributed by atoms with Crippen molar-refractivity contribution in [3.05, 3.63) is 53.6 Å². The maximum absolute atomic E-state index is 13.2. The molecule has 0 unspecified atom stereocenters. The van der Waals surface area contributed by atoms with Crippen LogP contribution in [0, 0.1) is 5.92 Å². The topological polar surface area (TPSA) is 48.0 Å². The smallest absolute Gasteiger partial charge is 0.173 e. The number of benzene rings is 2. The van der Waals surface area contributed by atoms with Crippen LogP contribution in [0.15, 0.2) is 42.5 Å². The van der Waals surface area contributed by atoms with Gasteiger partial charge in [0.15, 0.2) is 11.5 Å². The summed E-state index contributed by atoms with van der Waals surface area (Å²) in [7, 11) is 5.69. The minimum Gasteiger partial charge on any atom is -0.493 e. The zero-order valence-electron chi connectivity index (χ0n) is 18.8. The van der Waals surface area contributed by atoms with Crippen LogP contribution in [0.1, 0.15) is 37.3 Å². The van der Waals surface area contributed by atoms with Crippen LogP contribution >= 0.6 is 0 Å². The van der Waals surface area contributed by atoms with Gasteiger partial charge >= 0.3 is 0 Å². The lowest BCUT2D eigenvalue weighted by molar-refractivity contribution is -0.191. The normalized spacial score (nSPS) is 32.2. The van der Waals surface area contributed by atoms with Gasteiger partial charge in [0.2, 0.25) is 0 Å². The van der Waals surface area contributed by atoms with Gasteiger partial charge in [0.1, 0.15) is 11.5 Å². The lowest BCUT2D eigenvalue weighted by Gasteiger charge is -2.65. The highest BCUT2D eigenvalue weighted by molar-refractivity contribution is 5.85. The number of para-hydroxylation sites is 1. The van der Waals surface area contributed by atoms with Gasteiger partial charge in [-0.15, -0.1) is 0 Å². The van der Waals surface area contributed by atoms with Crippen molar-refractivity contribution >= 4 is 5.78 Å². The van der Waals surface area contributed by atoms with Gasteiger partial charge in [-0.2, -0.15) is 0 Å². The van der Waals surface area contributed by atoms with Crippen LogP contribution in [-0.2, 0) is 21.4 Å². The number of piperidine rings is 1. The van der Waals surface area contributed by atoms with Crippen LogP contribution in [0.5, 0.6) is 17.2 Å². The van der Waals surface area contributed by atoms with Crippen molar-refractivity contribution in [2.45, 2.75) is 49.7 Å². The van der Waals surface area contributed by atoms with E-state index in [2.05, 4.69) is 18.0 Å². The molecule has 2 fully saturated rings. The number of carbonyl (C=O) groups is 1. The Bertz CT molecular complexity index is 1010. The molecule has 5 nitrogen and oxygen atoms in total. The van der Waals surface area contributed by atoms with Crippen LogP contribution in [0.25, 0.3) is 0 Å². The van der Waals surface area contributed by atoms with E-state index in [0.717, 1.165) is 42.9 Å². The van der Waals surface area contributed by atoms with Crippen molar-refractivity contribution < 1.29 is 19.0 Å². The van der Waals surface area contributed by atoms with Gasteiger partial charge in [0.25, 0.3) is 0 Å². The van der Waals surface area contributed by atoms with Crippen molar-refractivity contribution in [1.82, 2.24) is 4.90 Å². The summed E-state index contributed by atoms with van der Waals surface area (Å²) in [4.78, 5) is 15.6. The number of likely N-dealkylation sites (tertiary alicyclic amines) is 1. The highest BCUT2D eigenvalue weighted by Crippen LogP contribution is 2.62. The van der Waals surface area contributed by atoms with E-state index in [1.807, 2.05) is 50.4 Å². The highest BCUT2D eigenvalue weighted by Gasteiger charge is 2.67. The summed E-state index contributed by atoms with van der Waals surface area (Å²) in [6.45, 7) is 2.98. The Morgan fingerprint density at radius 2 is 1.87 bits per heavy atom. The number of hydrogen-bond acceptors (Lipinski definition) is 5. The first-order valence-electron chi connectivity index (χ1n) is 11.2. The summed E-state index contributed by atoms with van der Waals surface area (Å²) in [6, 6.07) is 14.2. The minimum absolute atomic E-state index is 0.00674. The SMILES string of the molecule is COc1ccc2c(c1Oc1ccccc1)[C@]13CCN(C)[C@H](C2)[C@]1(OC)C[C@H](C)C(=O)C3. The zero-order chi connectivity index (χ0) is 21.8. The van der Waals surface area contributed by atoms with E-state index in [0.29, 0.717) is 18.0 Å². The van der Waals surface area contributed by atoms with Gasteiger partial charge in [-0.1, -0.05) is 31.2 Å². The average Bonchev–Trinajstić information content (AvgIpc) is 2.78. The summed E-state index contributed by atoms with van der Waals surface area (Å²) in [6.07, 6.45) is 2.95. The third kappa shape index (κ3) is 2.79. The fourth-order valence-corrected chi connectivity index (χ4v) is 6.56. The molecule has 0 amide bonds. The zero-order valence-corrected chi connectivity index (χ0v) is 18.8. The van der Waals surface area contributed by atoms with E-state index in [1.54, 1.807) is 7.11 Å². The first kappa shape index (κ1) is 20.5. The molecule has 1 saturated heterocycles. The maximum Gasteiger partial charge on any atom is 0.173 e. The van der Waals surface area contributed by atoms with Crippen molar-refractivity contribution in [2.75, 3.05) is 27.8 Å². The maximum atomic E-state index is 13.2. The molecule has 1 heterocycles. The summed E-state index contributed by atoms with van der Waals surface area (Å²) in [5, 5.41) is 0. The van der Waals surface area contributed by atoms with Gasteiger partial charge in [-0.3, -0.25) is 4.79 Å². The largest absolute Gasteiger partial charge is 0.493 e. The molecule has 2 bridgehead atoms. The van der Waals surface area contributed by atoms with E-state index >= 15 is 0 Å². The molecule has 4 atom stereocenters. The standard InChI is InChI=1S/C26H31NO4/c1-17-15-26(30-4)22-14-18-10-11-21(29-3)24(31-19-8-6-5-7-9-19)23(18)25(26,16-20(17)28)12-13-27(22)2/h5-11,17,22H,12-16H2,1-4H3/t17-,22+,25+,26+/m0/s1. The molecule has 0 radical (unpaired) electrons. The predicted molar refractivity (Wildman–Crippen MR) is 119 cm³/mol. The lowest BCUT2D eigenvalue weighted by Crippen LogP contribution is -2.74. The van der Waals surface area contributed by atoms with E-state index in [-0.39, 0.29) is 12.0 Å². The first-order valence-corrected chi connectivity index (χ1v) is 11.2. The number of nitrogens with zero attached hydrogens (tertiary/aromatic N) is 1. The number of carbonyl (C=O) groups excluding carboxylic acids is 1. The predicted octanol–water partition coefficient (Wildman–Crippen LogP) is 4.37. The Kier molecular flexibility index (Phi) is 4.87. The summed E-state index contributed by atoms with van der Waals surface area (Å²) in [5.41, 5.74) is 1.50. The molecule has 3 aliphatic rings. The Labute approximate surface area is 184 Å². The second-order valence-corrected chi connectivity index (χ2v) is 9.42. The van der Waals surface area contributed by atoms with E-state index in [1.165, 1.54) is 5.56 Å². The molecule has 2 aromatic carbocycles. The molecule has 164 valence electrons. The molecule has 2 aromatic rings. The average molecular weight is 422 g/mol. The molecule has 1 aliphatic heterocycles. The van der Waals surface area contributed by atoms with Crippen LogP contribution in [0.3, 0.4) is 0 Å². The fraction of sp³-hybridized carbons (Fsp3) is 0.500. The number of ketones is 1. The van der Waals surface area contributed by atoms with Crippen molar-refractivity contribution in [3.8, 4) is 17.2 Å². The highest BCUT2D eigenvalue weighted by atomic mass is 16.5. The van der Waals surface area contributed by atoms with Crippen LogP contribution in [0.2, 0.25) is 0 Å². The molecule has 2 aliphatic carbocycles. The summed E-state index contributed by atoms with van der Waals surface area (Å²) < 4.78 is 18.8. The van der Waals surface area contributed by atoms with E-state index in [4.69, 9.17) is 14.2 Å². The minimum atomic E-state index is -0.429. The van der Waals surface area contributed by atoms with Crippen molar-refractivity contribution in [2.24, 2.45) is 5.92 Å². The summed E-state index contributed by atoms with van der Waals surface area (Å²) in [5.74, 6) is 2.51. The van der Waals surface area contributed by atoms with Gasteiger partial charge in [0.05, 0.1) is 12.7 Å². The number of Topliss-reactive ketones (excluding diaryl/α,β-unsaturated/α-hetero) is 1. The molecule has 0 spiro atoms. The number of methoxy groups -OCH3 is 2. The Morgan fingerprint density at radius 1 is 1.10 bits per heavy atom. The second kappa shape index (κ2) is 7.35. The van der Waals surface area contributed by atoms with Gasteiger partial charge in [-0.25, -0.2) is 0 Å². The monoisotopic (exact) mass is 421 g/mol. The molecule has 1 saturated carbocycles. The number of likely N-dealkylation sites (N-methyl/N-ethyl adjacent to an activating group) is 1. The van der Waals surface area contributed by atoms with Crippen molar-refractivity contribution in [1.29, 1.82) is 0 Å².